The Morgan fingerprint density at radius 2 is 1.75 bits per heavy atom. The molecule has 1 fully saturated rings. The second-order valence-electron chi connectivity index (χ2n) is 7.48. The fourth-order valence-corrected chi connectivity index (χ4v) is 4.43. The second-order valence-corrected chi connectivity index (χ2v) is 8.34. The first kappa shape index (κ1) is 24.9. The van der Waals surface area contributed by atoms with Crippen LogP contribution in [0.2, 0.25) is 0 Å². The van der Waals surface area contributed by atoms with Crippen molar-refractivity contribution in [2.75, 3.05) is 33.9 Å². The molecule has 0 bridgehead atoms. The van der Waals surface area contributed by atoms with Crippen molar-refractivity contribution in [3.63, 3.8) is 0 Å². The number of amides is 2. The smallest absolute Gasteiger partial charge is 0.493 e. The summed E-state index contributed by atoms with van der Waals surface area (Å²) in [6.07, 6.45) is 3.01. The molecule has 0 atom stereocenters. The van der Waals surface area contributed by atoms with Crippen molar-refractivity contribution in [2.24, 2.45) is 0 Å². The van der Waals surface area contributed by atoms with Crippen LogP contribution in [0.4, 0.5) is 4.79 Å². The van der Waals surface area contributed by atoms with Crippen molar-refractivity contribution >= 4 is 29.3 Å². The SMILES string of the molecule is CCOC(=O)Oc1c(OC)cc(C(=O)N2CCCN2C(=O)c2csc(-c3cccnc3)n2)cc1OC. The standard InChI is InChI=1S/C24H24N4O7S/c1-4-34-24(31)35-20-18(32-2)11-16(12-19(20)33-3)22(29)27-9-6-10-28(27)23(30)17-14-36-21(26-17)15-7-5-8-25-13-15/h5,7-8,11-14H,4,6,9-10H2,1-3H3. The first-order valence-electron chi connectivity index (χ1n) is 11.1. The summed E-state index contributed by atoms with van der Waals surface area (Å²) in [5.41, 5.74) is 1.24. The van der Waals surface area contributed by atoms with Crippen molar-refractivity contribution in [3.8, 4) is 27.8 Å². The van der Waals surface area contributed by atoms with Gasteiger partial charge < -0.3 is 18.9 Å². The number of thiazole rings is 1. The van der Waals surface area contributed by atoms with E-state index in [0.717, 1.165) is 5.56 Å². The number of hydrazine groups is 1. The third kappa shape index (κ3) is 5.08. The van der Waals surface area contributed by atoms with E-state index in [1.165, 1.54) is 47.7 Å². The van der Waals surface area contributed by atoms with Gasteiger partial charge in [-0.25, -0.2) is 19.8 Å². The first-order chi connectivity index (χ1) is 17.5. The highest BCUT2D eigenvalue weighted by Crippen LogP contribution is 2.39. The zero-order chi connectivity index (χ0) is 25.7. The molecule has 0 radical (unpaired) electrons. The number of carbonyl (C=O) groups is 3. The third-order valence-electron chi connectivity index (χ3n) is 5.29. The maximum atomic E-state index is 13.5. The number of pyridine rings is 1. The lowest BCUT2D eigenvalue weighted by atomic mass is 10.1. The largest absolute Gasteiger partial charge is 0.514 e. The Morgan fingerprint density at radius 1 is 1.06 bits per heavy atom. The van der Waals surface area contributed by atoms with Gasteiger partial charge in [0.15, 0.2) is 11.5 Å². The van der Waals surface area contributed by atoms with Gasteiger partial charge in [-0.2, -0.15) is 0 Å². The topological polar surface area (TPSA) is 120 Å². The fourth-order valence-electron chi connectivity index (χ4n) is 3.64. The molecule has 11 nitrogen and oxygen atoms in total. The van der Waals surface area contributed by atoms with Gasteiger partial charge >= 0.3 is 6.16 Å². The van der Waals surface area contributed by atoms with Crippen LogP contribution < -0.4 is 14.2 Å². The molecule has 3 aromatic rings. The first-order valence-corrected chi connectivity index (χ1v) is 11.9. The maximum Gasteiger partial charge on any atom is 0.514 e. The van der Waals surface area contributed by atoms with Gasteiger partial charge in [0.05, 0.1) is 20.8 Å². The predicted octanol–water partition coefficient (Wildman–Crippen LogP) is 3.66. The molecule has 0 unspecified atom stereocenters. The molecule has 3 heterocycles. The highest BCUT2D eigenvalue weighted by Gasteiger charge is 2.34. The van der Waals surface area contributed by atoms with Crippen molar-refractivity contribution in [2.45, 2.75) is 13.3 Å². The second kappa shape index (κ2) is 11.0. The van der Waals surface area contributed by atoms with Crippen LogP contribution in [0, 0.1) is 0 Å². The molecular formula is C24H24N4O7S. The van der Waals surface area contributed by atoms with Gasteiger partial charge in [-0.05, 0) is 37.6 Å². The number of hydrogen-bond acceptors (Lipinski definition) is 10. The van der Waals surface area contributed by atoms with Gasteiger partial charge in [0.1, 0.15) is 10.7 Å². The van der Waals surface area contributed by atoms with Gasteiger partial charge in [-0.1, -0.05) is 0 Å². The number of methoxy groups -OCH3 is 2. The number of rotatable bonds is 7. The van der Waals surface area contributed by atoms with Gasteiger partial charge in [-0.3, -0.25) is 14.6 Å². The molecule has 1 aromatic carbocycles. The minimum Gasteiger partial charge on any atom is -0.493 e. The highest BCUT2D eigenvalue weighted by molar-refractivity contribution is 7.13. The summed E-state index contributed by atoms with van der Waals surface area (Å²) < 4.78 is 20.7. The summed E-state index contributed by atoms with van der Waals surface area (Å²) in [6.45, 7) is 2.48. The van der Waals surface area contributed by atoms with Crippen LogP contribution >= 0.6 is 11.3 Å². The Kier molecular flexibility index (Phi) is 7.64. The molecule has 2 aromatic heterocycles. The molecule has 1 aliphatic heterocycles. The van der Waals surface area contributed by atoms with E-state index in [9.17, 15) is 14.4 Å². The molecule has 0 aliphatic carbocycles. The van der Waals surface area contributed by atoms with E-state index in [2.05, 4.69) is 9.97 Å². The zero-order valence-corrected chi connectivity index (χ0v) is 20.7. The molecule has 1 aliphatic rings. The summed E-state index contributed by atoms with van der Waals surface area (Å²) in [4.78, 5) is 47.1. The average molecular weight is 513 g/mol. The molecular weight excluding hydrogens is 488 g/mol. The quantitative estimate of drug-likeness (QED) is 0.345. The monoisotopic (exact) mass is 512 g/mol. The van der Waals surface area contributed by atoms with E-state index >= 15 is 0 Å². The van der Waals surface area contributed by atoms with Crippen LogP contribution in [0.25, 0.3) is 10.6 Å². The summed E-state index contributed by atoms with van der Waals surface area (Å²) in [5.74, 6) is -0.641. The molecule has 12 heteroatoms. The lowest BCUT2D eigenvalue weighted by Gasteiger charge is -2.27. The van der Waals surface area contributed by atoms with Crippen molar-refractivity contribution in [1.82, 2.24) is 20.0 Å². The zero-order valence-electron chi connectivity index (χ0n) is 19.9. The van der Waals surface area contributed by atoms with Crippen molar-refractivity contribution < 1.29 is 33.3 Å². The van der Waals surface area contributed by atoms with Gasteiger partial charge in [0, 0.05) is 42.0 Å². The number of carbonyl (C=O) groups excluding carboxylic acids is 3. The van der Waals surface area contributed by atoms with Crippen molar-refractivity contribution in [1.29, 1.82) is 0 Å². The van der Waals surface area contributed by atoms with Crippen molar-refractivity contribution in [3.05, 3.63) is 53.3 Å². The minimum absolute atomic E-state index is 0.0187. The maximum absolute atomic E-state index is 13.5. The van der Waals surface area contributed by atoms with E-state index in [-0.39, 0.29) is 41.0 Å². The Labute approximate surface area is 211 Å². The summed E-state index contributed by atoms with van der Waals surface area (Å²) in [6, 6.07) is 6.50. The highest BCUT2D eigenvalue weighted by atomic mass is 32.1. The van der Waals surface area contributed by atoms with Gasteiger partial charge in [-0.15, -0.1) is 11.3 Å². The van der Waals surface area contributed by atoms with Crippen LogP contribution in [-0.4, -0.2) is 71.9 Å². The van der Waals surface area contributed by atoms with E-state index in [1.54, 1.807) is 30.8 Å². The Bertz CT molecular complexity index is 1240. The fraction of sp³-hybridized carbons (Fsp3) is 0.292. The number of hydrogen-bond donors (Lipinski definition) is 0. The van der Waals surface area contributed by atoms with E-state index < -0.39 is 12.1 Å². The normalized spacial score (nSPS) is 12.9. The summed E-state index contributed by atoms with van der Waals surface area (Å²) >= 11 is 1.33. The van der Waals surface area contributed by atoms with Crippen LogP contribution in [0.1, 0.15) is 34.2 Å². The number of ether oxygens (including phenoxy) is 4. The predicted molar refractivity (Wildman–Crippen MR) is 129 cm³/mol. The number of benzene rings is 1. The molecule has 36 heavy (non-hydrogen) atoms. The molecule has 0 spiro atoms. The molecule has 0 saturated carbocycles. The average Bonchev–Trinajstić information content (AvgIpc) is 3.59. The summed E-state index contributed by atoms with van der Waals surface area (Å²) in [5, 5.41) is 5.08. The lowest BCUT2D eigenvalue weighted by molar-refractivity contribution is 0.0182. The molecule has 4 rings (SSSR count). The molecule has 1 saturated heterocycles. The Hall–Kier alpha value is -4.19. The van der Waals surface area contributed by atoms with Crippen LogP contribution in [-0.2, 0) is 4.74 Å². The molecule has 0 N–H and O–H groups in total. The molecule has 188 valence electrons. The summed E-state index contributed by atoms with van der Waals surface area (Å²) in [7, 11) is 2.74. The van der Waals surface area contributed by atoms with E-state index in [0.29, 0.717) is 24.5 Å². The van der Waals surface area contributed by atoms with Crippen LogP contribution in [0.5, 0.6) is 17.2 Å². The molecule has 2 amide bonds. The lowest BCUT2D eigenvalue weighted by Crippen LogP contribution is -2.45. The van der Waals surface area contributed by atoms with E-state index in [1.807, 2.05) is 6.07 Å². The van der Waals surface area contributed by atoms with Crippen LogP contribution in [0.3, 0.4) is 0 Å². The number of aromatic nitrogens is 2. The Morgan fingerprint density at radius 3 is 2.36 bits per heavy atom. The van der Waals surface area contributed by atoms with E-state index in [4.69, 9.17) is 18.9 Å². The van der Waals surface area contributed by atoms with Gasteiger partial charge in [0.25, 0.3) is 11.8 Å². The van der Waals surface area contributed by atoms with Crippen LogP contribution in [0.15, 0.2) is 42.0 Å². The Balaban J connectivity index is 1.58. The number of nitrogens with zero attached hydrogens (tertiary/aromatic N) is 4. The minimum atomic E-state index is -0.932. The van der Waals surface area contributed by atoms with Gasteiger partial charge in [0.2, 0.25) is 5.75 Å². The third-order valence-corrected chi connectivity index (χ3v) is 6.18.